The Morgan fingerprint density at radius 3 is 2.89 bits per heavy atom. The molecule has 1 aromatic heterocycles. The maximum atomic E-state index is 13.0. The van der Waals surface area contributed by atoms with Crippen LogP contribution in [-0.2, 0) is 22.5 Å². The van der Waals surface area contributed by atoms with Crippen molar-refractivity contribution in [2.24, 2.45) is 0 Å². The average molecular weight is 383 g/mol. The second-order valence-electron chi connectivity index (χ2n) is 6.73. The molecule has 27 heavy (non-hydrogen) atoms. The summed E-state index contributed by atoms with van der Waals surface area (Å²) in [6.07, 6.45) is 1.81. The lowest BCUT2D eigenvalue weighted by Crippen LogP contribution is -2.52. The maximum Gasteiger partial charge on any atom is 0.253 e. The summed E-state index contributed by atoms with van der Waals surface area (Å²) in [5.41, 5.74) is 2.92. The molecule has 2 aliphatic rings. The smallest absolute Gasteiger partial charge is 0.253 e. The fraction of sp³-hybridized carbons (Fsp3) is 0.350. The number of nitriles is 1. The van der Waals surface area contributed by atoms with Crippen LogP contribution >= 0.6 is 11.6 Å². The summed E-state index contributed by atoms with van der Waals surface area (Å²) in [7, 11) is 0. The predicted molar refractivity (Wildman–Crippen MR) is 101 cm³/mol. The minimum absolute atomic E-state index is 0.000953. The summed E-state index contributed by atoms with van der Waals surface area (Å²) in [6.45, 7) is 2.75. The first kappa shape index (κ1) is 17.8. The van der Waals surface area contributed by atoms with E-state index in [0.717, 1.165) is 6.42 Å². The van der Waals surface area contributed by atoms with Gasteiger partial charge in [0.2, 0.25) is 0 Å². The second kappa shape index (κ2) is 7.55. The van der Waals surface area contributed by atoms with Gasteiger partial charge in [0.05, 0.1) is 23.7 Å². The molecule has 0 aliphatic carbocycles. The maximum absolute atomic E-state index is 13.0. The first-order valence-electron chi connectivity index (χ1n) is 8.93. The van der Waals surface area contributed by atoms with Crippen LogP contribution in [0.4, 0.5) is 5.82 Å². The molecule has 1 amide bonds. The molecule has 0 saturated carbocycles. The number of nitrogens with zero attached hydrogens (tertiary/aromatic N) is 4. The molecular weight excluding hydrogens is 364 g/mol. The fourth-order valence-corrected chi connectivity index (χ4v) is 3.89. The van der Waals surface area contributed by atoms with E-state index in [4.69, 9.17) is 21.6 Å². The Labute approximate surface area is 162 Å². The third kappa shape index (κ3) is 3.61. The number of halogens is 1. The van der Waals surface area contributed by atoms with Gasteiger partial charge in [-0.15, -0.1) is 0 Å². The molecular formula is C20H19ClN4O2. The van der Waals surface area contributed by atoms with Crippen LogP contribution in [0.2, 0.25) is 5.02 Å². The van der Waals surface area contributed by atoms with Crippen LogP contribution < -0.4 is 4.90 Å². The normalized spacial score (nSPS) is 19.3. The first-order valence-corrected chi connectivity index (χ1v) is 9.31. The van der Waals surface area contributed by atoms with Gasteiger partial charge in [-0.3, -0.25) is 4.79 Å². The van der Waals surface area contributed by atoms with Crippen LogP contribution in [0.5, 0.6) is 0 Å². The number of hydrogen-bond donors (Lipinski definition) is 0. The first-order chi connectivity index (χ1) is 13.2. The Bertz CT molecular complexity index is 911. The van der Waals surface area contributed by atoms with E-state index in [1.165, 1.54) is 17.3 Å². The van der Waals surface area contributed by atoms with Crippen LogP contribution in [0.15, 0.2) is 36.5 Å². The molecule has 1 saturated heterocycles. The average Bonchev–Trinajstić information content (AvgIpc) is 2.72. The highest BCUT2D eigenvalue weighted by Gasteiger charge is 2.32. The number of amides is 1. The zero-order valence-corrected chi connectivity index (χ0v) is 15.5. The van der Waals surface area contributed by atoms with E-state index in [0.29, 0.717) is 49.2 Å². The Morgan fingerprint density at radius 1 is 1.30 bits per heavy atom. The van der Waals surface area contributed by atoms with Crippen LogP contribution in [0.3, 0.4) is 0 Å². The van der Waals surface area contributed by atoms with Gasteiger partial charge in [0, 0.05) is 25.8 Å². The molecule has 6 nitrogen and oxygen atoms in total. The van der Waals surface area contributed by atoms with Crippen molar-refractivity contribution in [2.45, 2.75) is 19.1 Å². The number of morpholine rings is 1. The molecule has 1 atom stereocenters. The number of benzene rings is 1. The van der Waals surface area contributed by atoms with Crippen molar-refractivity contribution in [1.82, 2.24) is 9.88 Å². The van der Waals surface area contributed by atoms with Crippen molar-refractivity contribution in [1.29, 1.82) is 5.26 Å². The molecule has 4 rings (SSSR count). The van der Waals surface area contributed by atoms with E-state index >= 15 is 0 Å². The number of aromatic nitrogens is 1. The summed E-state index contributed by atoms with van der Waals surface area (Å²) in [5.74, 6) is 0.583. The lowest BCUT2D eigenvalue weighted by Gasteiger charge is -2.37. The van der Waals surface area contributed by atoms with Crippen molar-refractivity contribution in [3.05, 3.63) is 58.2 Å². The summed E-state index contributed by atoms with van der Waals surface area (Å²) in [5, 5.41) is 9.37. The highest BCUT2D eigenvalue weighted by Crippen LogP contribution is 2.26. The van der Waals surface area contributed by atoms with Gasteiger partial charge < -0.3 is 14.5 Å². The van der Waals surface area contributed by atoms with E-state index in [1.54, 1.807) is 6.07 Å². The summed E-state index contributed by atoms with van der Waals surface area (Å²) >= 11 is 6.28. The second-order valence-corrected chi connectivity index (χ2v) is 7.13. The molecule has 7 heteroatoms. The lowest BCUT2D eigenvalue weighted by atomic mass is 9.99. The van der Waals surface area contributed by atoms with Gasteiger partial charge >= 0.3 is 0 Å². The number of carbonyl (C=O) groups is 1. The fourth-order valence-electron chi connectivity index (χ4n) is 3.60. The molecule has 2 aliphatic heterocycles. The highest BCUT2D eigenvalue weighted by atomic mass is 35.5. The monoisotopic (exact) mass is 382 g/mol. The Morgan fingerprint density at radius 2 is 2.11 bits per heavy atom. The number of ether oxygens (including phenoxy) is 1. The number of carbonyl (C=O) groups excluding carboxylic acids is 1. The van der Waals surface area contributed by atoms with Gasteiger partial charge in [-0.25, -0.2) is 4.98 Å². The molecule has 3 heterocycles. The molecule has 1 aromatic carbocycles. The molecule has 1 unspecified atom stereocenters. The zero-order chi connectivity index (χ0) is 18.8. The molecule has 0 spiro atoms. The van der Waals surface area contributed by atoms with Gasteiger partial charge in [-0.2, -0.15) is 5.26 Å². The number of anilines is 1. The number of rotatable bonds is 2. The van der Waals surface area contributed by atoms with Crippen molar-refractivity contribution < 1.29 is 9.53 Å². The molecule has 0 radical (unpaired) electrons. The van der Waals surface area contributed by atoms with Crippen LogP contribution in [0.1, 0.15) is 16.7 Å². The molecule has 138 valence electrons. The lowest BCUT2D eigenvalue weighted by molar-refractivity contribution is -0.145. The van der Waals surface area contributed by atoms with Crippen LogP contribution in [0.25, 0.3) is 0 Å². The molecule has 0 bridgehead atoms. The SMILES string of the molecule is N#Cc1cnc(N2CCOC(C(=O)N3CCc4ccccc4C3)C2)c(Cl)c1. The van der Waals surface area contributed by atoms with Gasteiger partial charge in [0.25, 0.3) is 5.91 Å². The molecule has 2 aromatic rings. The largest absolute Gasteiger partial charge is 0.365 e. The Balaban J connectivity index is 1.47. The van der Waals surface area contributed by atoms with E-state index < -0.39 is 6.10 Å². The number of hydrogen-bond acceptors (Lipinski definition) is 5. The minimum Gasteiger partial charge on any atom is -0.365 e. The Kier molecular flexibility index (Phi) is 4.97. The summed E-state index contributed by atoms with van der Waals surface area (Å²) in [6, 6.07) is 11.9. The van der Waals surface area contributed by atoms with Crippen LogP contribution in [-0.4, -0.2) is 48.1 Å². The van der Waals surface area contributed by atoms with Gasteiger partial charge in [-0.1, -0.05) is 35.9 Å². The van der Waals surface area contributed by atoms with E-state index in [9.17, 15) is 4.79 Å². The van der Waals surface area contributed by atoms with Crippen LogP contribution in [0, 0.1) is 11.3 Å². The van der Waals surface area contributed by atoms with Crippen molar-refractivity contribution in [3.63, 3.8) is 0 Å². The van der Waals surface area contributed by atoms with Gasteiger partial charge in [0.1, 0.15) is 11.9 Å². The molecule has 0 N–H and O–H groups in total. The third-order valence-corrected chi connectivity index (χ3v) is 5.31. The minimum atomic E-state index is -0.544. The quantitative estimate of drug-likeness (QED) is 0.797. The van der Waals surface area contributed by atoms with E-state index in [1.807, 2.05) is 28.0 Å². The van der Waals surface area contributed by atoms with Gasteiger partial charge in [-0.05, 0) is 23.6 Å². The number of pyridine rings is 1. The predicted octanol–water partition coefficient (Wildman–Crippen LogP) is 2.40. The highest BCUT2D eigenvalue weighted by molar-refractivity contribution is 6.33. The van der Waals surface area contributed by atoms with E-state index in [-0.39, 0.29) is 5.91 Å². The van der Waals surface area contributed by atoms with Gasteiger partial charge in [0.15, 0.2) is 6.10 Å². The van der Waals surface area contributed by atoms with Crippen molar-refractivity contribution >= 4 is 23.3 Å². The zero-order valence-electron chi connectivity index (χ0n) is 14.8. The summed E-state index contributed by atoms with van der Waals surface area (Å²) < 4.78 is 5.76. The third-order valence-electron chi connectivity index (χ3n) is 5.03. The number of fused-ring (bicyclic) bond motifs is 1. The Hall–Kier alpha value is -2.62. The van der Waals surface area contributed by atoms with E-state index in [2.05, 4.69) is 17.1 Å². The van der Waals surface area contributed by atoms with Crippen molar-refractivity contribution in [2.75, 3.05) is 31.1 Å². The van der Waals surface area contributed by atoms with Crippen molar-refractivity contribution in [3.8, 4) is 6.07 Å². The standard InChI is InChI=1S/C20H19ClN4O2/c21-17-9-14(10-22)11-23-19(17)24-7-8-27-18(13-24)20(26)25-6-5-15-3-1-2-4-16(15)12-25/h1-4,9,11,18H,5-8,12-13H2. The molecule has 1 fully saturated rings. The summed E-state index contributed by atoms with van der Waals surface area (Å²) in [4.78, 5) is 21.1. The topological polar surface area (TPSA) is 69.5 Å².